The minimum Gasteiger partial charge on any atom is -0.337 e. The van der Waals surface area contributed by atoms with Gasteiger partial charge < -0.3 is 10.6 Å². The van der Waals surface area contributed by atoms with Crippen molar-refractivity contribution in [3.05, 3.63) is 45.9 Å². The molecule has 130 valence electrons. The first-order valence-corrected chi connectivity index (χ1v) is 9.87. The van der Waals surface area contributed by atoms with E-state index < -0.39 is 0 Å². The Hall–Kier alpha value is -1.53. The highest BCUT2D eigenvalue weighted by Gasteiger charge is 2.17. The Morgan fingerprint density at radius 3 is 2.54 bits per heavy atom. The quantitative estimate of drug-likeness (QED) is 0.593. The van der Waals surface area contributed by atoms with Crippen molar-refractivity contribution in [1.82, 2.24) is 15.6 Å². The van der Waals surface area contributed by atoms with E-state index in [4.69, 9.17) is 0 Å². The maximum atomic E-state index is 11.8. The van der Waals surface area contributed by atoms with E-state index in [1.807, 2.05) is 5.38 Å². The minimum absolute atomic E-state index is 0.0539. The fraction of sp³-hybridized carbons (Fsp3) is 0.444. The van der Waals surface area contributed by atoms with Gasteiger partial charge in [0, 0.05) is 28.0 Å². The van der Waals surface area contributed by atoms with Crippen molar-refractivity contribution in [2.45, 2.75) is 44.6 Å². The summed E-state index contributed by atoms with van der Waals surface area (Å²) in [5.41, 5.74) is 2.22. The van der Waals surface area contributed by atoms with Crippen LogP contribution in [-0.4, -0.2) is 23.3 Å². The number of carbonyl (C=O) groups is 1. The number of nitrogens with one attached hydrogen (secondary N) is 2. The SMILES string of the molecule is Cc1ccc(SCCNC(=O)NCc2csc(C(C)(C)C)n2)cc1. The molecule has 2 amide bonds. The topological polar surface area (TPSA) is 54.0 Å². The van der Waals surface area contributed by atoms with E-state index in [-0.39, 0.29) is 11.4 Å². The van der Waals surface area contributed by atoms with Crippen molar-refractivity contribution in [3.63, 3.8) is 0 Å². The average Bonchev–Trinajstić information content (AvgIpc) is 3.00. The van der Waals surface area contributed by atoms with E-state index in [2.05, 4.69) is 67.6 Å². The van der Waals surface area contributed by atoms with Crippen LogP contribution in [0.5, 0.6) is 0 Å². The van der Waals surface area contributed by atoms with Gasteiger partial charge in [0.25, 0.3) is 0 Å². The van der Waals surface area contributed by atoms with Crippen LogP contribution in [-0.2, 0) is 12.0 Å². The van der Waals surface area contributed by atoms with Crippen LogP contribution < -0.4 is 10.6 Å². The number of thiazole rings is 1. The molecule has 24 heavy (non-hydrogen) atoms. The van der Waals surface area contributed by atoms with Crippen molar-refractivity contribution < 1.29 is 4.79 Å². The van der Waals surface area contributed by atoms with Crippen molar-refractivity contribution >= 4 is 29.1 Å². The number of aromatic nitrogens is 1. The summed E-state index contributed by atoms with van der Waals surface area (Å²) in [7, 11) is 0. The Labute approximate surface area is 152 Å². The van der Waals surface area contributed by atoms with Crippen molar-refractivity contribution in [2.24, 2.45) is 0 Å². The highest BCUT2D eigenvalue weighted by atomic mass is 32.2. The number of hydrogen-bond donors (Lipinski definition) is 2. The zero-order chi connectivity index (χ0) is 17.6. The number of rotatable bonds is 6. The van der Waals surface area contributed by atoms with Gasteiger partial charge in [-0.05, 0) is 19.1 Å². The summed E-state index contributed by atoms with van der Waals surface area (Å²) in [5, 5.41) is 8.83. The fourth-order valence-electron chi connectivity index (χ4n) is 1.93. The van der Waals surface area contributed by atoms with Crippen LogP contribution in [0.1, 0.15) is 37.0 Å². The second-order valence-corrected chi connectivity index (χ2v) is 8.69. The van der Waals surface area contributed by atoms with Crippen LogP contribution in [0.3, 0.4) is 0 Å². The molecule has 0 saturated heterocycles. The Kier molecular flexibility index (Phi) is 6.69. The third kappa shape index (κ3) is 6.17. The first-order valence-electron chi connectivity index (χ1n) is 8.00. The van der Waals surface area contributed by atoms with Crippen LogP contribution in [0, 0.1) is 6.92 Å². The lowest BCUT2D eigenvalue weighted by Crippen LogP contribution is -2.36. The molecule has 0 aliphatic rings. The standard InChI is InChI=1S/C18H25N3OS2/c1-13-5-7-15(8-6-13)23-10-9-19-17(22)20-11-14-12-24-16(21-14)18(2,3)4/h5-8,12H,9-11H2,1-4H3,(H2,19,20,22). The van der Waals surface area contributed by atoms with Gasteiger partial charge in [-0.15, -0.1) is 23.1 Å². The summed E-state index contributed by atoms with van der Waals surface area (Å²) >= 11 is 3.38. The van der Waals surface area contributed by atoms with Crippen LogP contribution in [0.15, 0.2) is 34.5 Å². The van der Waals surface area contributed by atoms with Gasteiger partial charge in [0.05, 0.1) is 17.2 Å². The monoisotopic (exact) mass is 363 g/mol. The Bertz CT molecular complexity index is 660. The third-order valence-corrected chi connectivity index (χ3v) is 5.63. The number of hydrogen-bond acceptors (Lipinski definition) is 4. The number of carbonyl (C=O) groups excluding carboxylic acids is 1. The van der Waals surface area contributed by atoms with E-state index in [0.29, 0.717) is 13.1 Å². The van der Waals surface area contributed by atoms with Crippen LogP contribution in [0.2, 0.25) is 0 Å². The first-order chi connectivity index (χ1) is 11.3. The summed E-state index contributed by atoms with van der Waals surface area (Å²) in [6.07, 6.45) is 0. The summed E-state index contributed by atoms with van der Waals surface area (Å²) in [6, 6.07) is 8.26. The third-order valence-electron chi connectivity index (χ3n) is 3.30. The van der Waals surface area contributed by atoms with Gasteiger partial charge in [-0.25, -0.2) is 9.78 Å². The average molecular weight is 364 g/mol. The molecule has 2 N–H and O–H groups in total. The predicted molar refractivity (Wildman–Crippen MR) is 103 cm³/mol. The van der Waals surface area contributed by atoms with E-state index in [0.717, 1.165) is 16.5 Å². The van der Waals surface area contributed by atoms with Gasteiger partial charge >= 0.3 is 6.03 Å². The number of amides is 2. The number of nitrogens with zero attached hydrogens (tertiary/aromatic N) is 1. The summed E-state index contributed by atoms with van der Waals surface area (Å²) in [5.74, 6) is 0.849. The zero-order valence-corrected chi connectivity index (χ0v) is 16.3. The van der Waals surface area contributed by atoms with E-state index in [1.165, 1.54) is 10.5 Å². The lowest BCUT2D eigenvalue weighted by atomic mass is 9.98. The van der Waals surface area contributed by atoms with Gasteiger partial charge in [-0.3, -0.25) is 0 Å². The van der Waals surface area contributed by atoms with E-state index in [9.17, 15) is 4.79 Å². The largest absolute Gasteiger partial charge is 0.337 e. The lowest BCUT2D eigenvalue weighted by molar-refractivity contribution is 0.241. The molecule has 0 saturated carbocycles. The fourth-order valence-corrected chi connectivity index (χ4v) is 3.61. The summed E-state index contributed by atoms with van der Waals surface area (Å²) < 4.78 is 0. The minimum atomic E-state index is -0.148. The molecule has 0 atom stereocenters. The lowest BCUT2D eigenvalue weighted by Gasteiger charge is -2.13. The molecule has 4 nitrogen and oxygen atoms in total. The molecule has 0 aliphatic carbocycles. The molecular formula is C18H25N3OS2. The number of aryl methyl sites for hydroxylation is 1. The Morgan fingerprint density at radius 1 is 1.21 bits per heavy atom. The van der Waals surface area contributed by atoms with Crippen LogP contribution >= 0.6 is 23.1 Å². The van der Waals surface area contributed by atoms with Gasteiger partial charge in [0.2, 0.25) is 0 Å². The van der Waals surface area contributed by atoms with E-state index >= 15 is 0 Å². The van der Waals surface area contributed by atoms with Gasteiger partial charge in [-0.1, -0.05) is 38.5 Å². The second-order valence-electron chi connectivity index (χ2n) is 6.66. The molecule has 1 heterocycles. The molecule has 0 unspecified atom stereocenters. The number of benzene rings is 1. The van der Waals surface area contributed by atoms with Gasteiger partial charge in [0.15, 0.2) is 0 Å². The zero-order valence-electron chi connectivity index (χ0n) is 14.7. The highest BCUT2D eigenvalue weighted by Crippen LogP contribution is 2.25. The molecule has 0 radical (unpaired) electrons. The maximum Gasteiger partial charge on any atom is 0.315 e. The molecule has 0 aliphatic heterocycles. The molecule has 2 aromatic rings. The Morgan fingerprint density at radius 2 is 1.92 bits per heavy atom. The predicted octanol–water partition coefficient (Wildman–Crippen LogP) is 4.34. The van der Waals surface area contributed by atoms with Gasteiger partial charge in [-0.2, -0.15) is 0 Å². The smallest absolute Gasteiger partial charge is 0.315 e. The van der Waals surface area contributed by atoms with Crippen molar-refractivity contribution in [2.75, 3.05) is 12.3 Å². The van der Waals surface area contributed by atoms with Gasteiger partial charge in [0.1, 0.15) is 0 Å². The van der Waals surface area contributed by atoms with Crippen molar-refractivity contribution in [3.8, 4) is 0 Å². The normalized spacial score (nSPS) is 11.3. The van der Waals surface area contributed by atoms with Crippen LogP contribution in [0.4, 0.5) is 4.79 Å². The number of urea groups is 1. The van der Waals surface area contributed by atoms with E-state index in [1.54, 1.807) is 23.1 Å². The molecule has 0 fully saturated rings. The first kappa shape index (κ1) is 18.8. The molecule has 1 aromatic heterocycles. The summed E-state index contributed by atoms with van der Waals surface area (Å²) in [4.78, 5) is 17.6. The summed E-state index contributed by atoms with van der Waals surface area (Å²) in [6.45, 7) is 9.59. The second kappa shape index (κ2) is 8.53. The van der Waals surface area contributed by atoms with Crippen molar-refractivity contribution in [1.29, 1.82) is 0 Å². The number of thioether (sulfide) groups is 1. The maximum absolute atomic E-state index is 11.8. The Balaban J connectivity index is 1.64. The molecule has 2 rings (SSSR count). The molecule has 6 heteroatoms. The highest BCUT2D eigenvalue weighted by molar-refractivity contribution is 7.99. The molecule has 0 spiro atoms. The molecular weight excluding hydrogens is 338 g/mol. The molecule has 0 bridgehead atoms. The molecule has 1 aromatic carbocycles. The van der Waals surface area contributed by atoms with Crippen LogP contribution in [0.25, 0.3) is 0 Å².